The van der Waals surface area contributed by atoms with Crippen LogP contribution in [0.1, 0.15) is 38.3 Å². The fraction of sp³-hybridized carbons (Fsp3) is 0.409. The average molecular weight is 452 g/mol. The van der Waals surface area contributed by atoms with E-state index in [2.05, 4.69) is 0 Å². The van der Waals surface area contributed by atoms with E-state index in [4.69, 9.17) is 16.9 Å². The van der Waals surface area contributed by atoms with Crippen molar-refractivity contribution in [1.29, 1.82) is 5.26 Å². The van der Waals surface area contributed by atoms with Crippen LogP contribution in [0.25, 0.3) is 0 Å². The molecule has 8 heteroatoms. The van der Waals surface area contributed by atoms with Crippen molar-refractivity contribution in [2.45, 2.75) is 39.0 Å². The molecule has 0 heterocycles. The van der Waals surface area contributed by atoms with Crippen molar-refractivity contribution >= 4 is 27.3 Å². The Balaban J connectivity index is 2.34. The third-order valence-electron chi connectivity index (χ3n) is 4.81. The number of sulfonamides is 1. The molecular weight excluding hydrogens is 425 g/mol. The van der Waals surface area contributed by atoms with Gasteiger partial charge in [-0.05, 0) is 44.5 Å². The number of nitriles is 1. The van der Waals surface area contributed by atoms with Gasteiger partial charge in [0.05, 0.1) is 15.8 Å². The molecule has 0 spiro atoms. The molecule has 0 radical (unpaired) electrons. The van der Waals surface area contributed by atoms with E-state index in [0.717, 1.165) is 0 Å². The highest BCUT2D eigenvalue weighted by atomic mass is 35.5. The van der Waals surface area contributed by atoms with Crippen LogP contribution in [-0.2, 0) is 16.6 Å². The van der Waals surface area contributed by atoms with E-state index in [0.29, 0.717) is 41.3 Å². The lowest BCUT2D eigenvalue weighted by atomic mass is 10.1. The number of anilines is 1. The topological polar surface area (TPSA) is 64.4 Å². The largest absolute Gasteiger partial charge is 0.366 e. The predicted molar refractivity (Wildman–Crippen MR) is 120 cm³/mol. The highest BCUT2D eigenvalue weighted by molar-refractivity contribution is 7.89. The monoisotopic (exact) mass is 451 g/mol. The minimum atomic E-state index is -3.42. The smallest absolute Gasteiger partial charge is 0.216 e. The van der Waals surface area contributed by atoms with Crippen LogP contribution in [0.3, 0.4) is 0 Å². The van der Waals surface area contributed by atoms with Crippen LogP contribution in [0.5, 0.6) is 0 Å². The van der Waals surface area contributed by atoms with Gasteiger partial charge in [-0.1, -0.05) is 36.7 Å². The summed E-state index contributed by atoms with van der Waals surface area (Å²) in [6.45, 7) is 6.53. The summed E-state index contributed by atoms with van der Waals surface area (Å²) in [5.74, 6) is -0.331. The number of hydrogen-bond acceptors (Lipinski definition) is 4. The fourth-order valence-electron chi connectivity index (χ4n) is 3.07. The van der Waals surface area contributed by atoms with E-state index in [1.54, 1.807) is 50.2 Å². The summed E-state index contributed by atoms with van der Waals surface area (Å²) in [7, 11) is -3.42. The van der Waals surface area contributed by atoms with Gasteiger partial charge in [-0.15, -0.1) is 0 Å². The Morgan fingerprint density at radius 1 is 1.13 bits per heavy atom. The Bertz CT molecular complexity index is 1010. The number of rotatable bonds is 10. The molecule has 2 rings (SSSR count). The Hall–Kier alpha value is -2.14. The first-order valence-electron chi connectivity index (χ1n) is 9.87. The van der Waals surface area contributed by atoms with Crippen molar-refractivity contribution < 1.29 is 12.8 Å². The summed E-state index contributed by atoms with van der Waals surface area (Å²) in [6, 6.07) is 13.5. The second-order valence-corrected chi connectivity index (χ2v) is 10.2. The molecule has 0 aliphatic carbocycles. The molecule has 0 aliphatic rings. The van der Waals surface area contributed by atoms with Gasteiger partial charge in [0, 0.05) is 37.4 Å². The Kier molecular flexibility index (Phi) is 8.65. The summed E-state index contributed by atoms with van der Waals surface area (Å²) in [4.78, 5) is 1.88. The summed E-state index contributed by atoms with van der Waals surface area (Å²) < 4.78 is 41.2. The minimum absolute atomic E-state index is 0.247. The summed E-state index contributed by atoms with van der Waals surface area (Å²) in [6.07, 6.45) is 0.696. The van der Waals surface area contributed by atoms with E-state index in [1.807, 2.05) is 17.9 Å². The highest BCUT2D eigenvalue weighted by Crippen LogP contribution is 2.25. The summed E-state index contributed by atoms with van der Waals surface area (Å²) in [5.41, 5.74) is 1.54. The van der Waals surface area contributed by atoms with Crippen molar-refractivity contribution in [3.8, 4) is 6.07 Å². The van der Waals surface area contributed by atoms with Crippen LogP contribution in [0, 0.1) is 17.1 Å². The molecule has 30 heavy (non-hydrogen) atoms. The highest BCUT2D eigenvalue weighted by Gasteiger charge is 2.25. The Morgan fingerprint density at radius 3 is 2.40 bits per heavy atom. The molecule has 162 valence electrons. The lowest BCUT2D eigenvalue weighted by molar-refractivity contribution is 0.407. The van der Waals surface area contributed by atoms with Gasteiger partial charge in [-0.2, -0.15) is 9.57 Å². The first kappa shape index (κ1) is 24.1. The van der Waals surface area contributed by atoms with Gasteiger partial charge in [0.1, 0.15) is 11.9 Å². The standard InChI is InChI=1S/C22H27ClFN3O2S/c1-4-11-27(30(28,29)17(2)3)13-12-26(16-19-7-5-6-8-22(19)24)20-10-9-18(15-25)21(23)14-20/h5-10,14,17H,4,11-13,16H2,1-3H3. The van der Waals surface area contributed by atoms with Gasteiger partial charge in [0.25, 0.3) is 0 Å². The second-order valence-electron chi connectivity index (χ2n) is 7.28. The van der Waals surface area contributed by atoms with Gasteiger partial charge in [-0.3, -0.25) is 0 Å². The third kappa shape index (κ3) is 5.94. The molecule has 0 unspecified atom stereocenters. The molecule has 2 aromatic rings. The Morgan fingerprint density at radius 2 is 1.83 bits per heavy atom. The molecule has 0 saturated heterocycles. The van der Waals surface area contributed by atoms with E-state index in [1.165, 1.54) is 10.4 Å². The number of hydrogen-bond donors (Lipinski definition) is 0. The number of nitrogens with zero attached hydrogens (tertiary/aromatic N) is 3. The van der Waals surface area contributed by atoms with Gasteiger partial charge in [-0.25, -0.2) is 12.8 Å². The van der Waals surface area contributed by atoms with Crippen LogP contribution >= 0.6 is 11.6 Å². The maximum Gasteiger partial charge on any atom is 0.216 e. The first-order valence-corrected chi connectivity index (χ1v) is 11.8. The Labute approximate surface area is 183 Å². The molecule has 0 atom stereocenters. The SMILES string of the molecule is CCCN(CCN(Cc1ccccc1F)c1ccc(C#N)c(Cl)c1)S(=O)(=O)C(C)C. The van der Waals surface area contributed by atoms with Gasteiger partial charge < -0.3 is 4.90 Å². The number of halogens is 2. The zero-order valence-corrected chi connectivity index (χ0v) is 19.0. The summed E-state index contributed by atoms with van der Waals surface area (Å²) in [5, 5.41) is 8.91. The fourth-order valence-corrected chi connectivity index (χ4v) is 4.66. The third-order valence-corrected chi connectivity index (χ3v) is 7.39. The zero-order valence-electron chi connectivity index (χ0n) is 17.5. The van der Waals surface area contributed by atoms with E-state index < -0.39 is 15.3 Å². The second kappa shape index (κ2) is 10.8. The van der Waals surface area contributed by atoms with E-state index in [-0.39, 0.29) is 18.9 Å². The van der Waals surface area contributed by atoms with Gasteiger partial charge >= 0.3 is 0 Å². The number of benzene rings is 2. The molecule has 5 nitrogen and oxygen atoms in total. The van der Waals surface area contributed by atoms with Crippen molar-refractivity contribution in [3.05, 3.63) is 64.4 Å². The maximum absolute atomic E-state index is 14.3. The molecule has 0 aliphatic heterocycles. The van der Waals surface area contributed by atoms with Gasteiger partial charge in [0.15, 0.2) is 0 Å². The van der Waals surface area contributed by atoms with Crippen molar-refractivity contribution in [3.63, 3.8) is 0 Å². The minimum Gasteiger partial charge on any atom is -0.366 e. The zero-order chi connectivity index (χ0) is 22.3. The molecule has 2 aromatic carbocycles. The van der Waals surface area contributed by atoms with E-state index >= 15 is 0 Å². The normalized spacial score (nSPS) is 11.7. The van der Waals surface area contributed by atoms with Crippen LogP contribution in [0.2, 0.25) is 5.02 Å². The molecular formula is C22H27ClFN3O2S. The van der Waals surface area contributed by atoms with Crippen molar-refractivity contribution in [2.24, 2.45) is 0 Å². The van der Waals surface area contributed by atoms with Gasteiger partial charge in [0.2, 0.25) is 10.0 Å². The van der Waals surface area contributed by atoms with E-state index in [9.17, 15) is 12.8 Å². The van der Waals surface area contributed by atoms with Crippen LogP contribution in [0.15, 0.2) is 42.5 Å². The lowest BCUT2D eigenvalue weighted by Gasteiger charge is -2.30. The molecule has 0 N–H and O–H groups in total. The molecule has 0 bridgehead atoms. The maximum atomic E-state index is 14.3. The van der Waals surface area contributed by atoms with Crippen LogP contribution in [0.4, 0.5) is 10.1 Å². The first-order chi connectivity index (χ1) is 14.2. The van der Waals surface area contributed by atoms with Crippen LogP contribution < -0.4 is 4.90 Å². The van der Waals surface area contributed by atoms with Crippen molar-refractivity contribution in [2.75, 3.05) is 24.5 Å². The summed E-state index contributed by atoms with van der Waals surface area (Å²) >= 11 is 6.20. The predicted octanol–water partition coefficient (Wildman–Crippen LogP) is 4.81. The molecule has 0 aromatic heterocycles. The van der Waals surface area contributed by atoms with Crippen LogP contribution in [-0.4, -0.2) is 37.6 Å². The molecule has 0 fully saturated rings. The quantitative estimate of drug-likeness (QED) is 0.520. The molecule has 0 amide bonds. The molecule has 0 saturated carbocycles. The lowest BCUT2D eigenvalue weighted by Crippen LogP contribution is -2.42. The average Bonchev–Trinajstić information content (AvgIpc) is 2.71. The van der Waals surface area contributed by atoms with Crippen molar-refractivity contribution in [1.82, 2.24) is 4.31 Å².